The van der Waals surface area contributed by atoms with Gasteiger partial charge in [0.25, 0.3) is 0 Å². The number of methoxy groups -OCH3 is 2. The SMILES string of the molecule is COc1cc(CF)c(OC)cc1Br. The molecule has 4 heteroatoms. The molecule has 0 spiro atoms. The van der Waals surface area contributed by atoms with Crippen LogP contribution in [-0.4, -0.2) is 14.2 Å². The fourth-order valence-electron chi connectivity index (χ4n) is 1.03. The van der Waals surface area contributed by atoms with Crippen molar-refractivity contribution in [3.8, 4) is 11.5 Å². The van der Waals surface area contributed by atoms with Crippen molar-refractivity contribution in [2.45, 2.75) is 6.67 Å². The molecular formula is C9H10BrFO2. The van der Waals surface area contributed by atoms with Crippen LogP contribution >= 0.6 is 15.9 Å². The Morgan fingerprint density at radius 2 is 1.85 bits per heavy atom. The molecular weight excluding hydrogens is 239 g/mol. The van der Waals surface area contributed by atoms with Gasteiger partial charge in [0.15, 0.2) is 0 Å². The van der Waals surface area contributed by atoms with Crippen molar-refractivity contribution < 1.29 is 13.9 Å². The molecule has 0 bridgehead atoms. The van der Waals surface area contributed by atoms with E-state index in [9.17, 15) is 4.39 Å². The molecule has 0 unspecified atom stereocenters. The normalized spacial score (nSPS) is 9.85. The van der Waals surface area contributed by atoms with E-state index in [0.29, 0.717) is 17.1 Å². The second-order valence-corrected chi connectivity index (χ2v) is 3.29. The summed E-state index contributed by atoms with van der Waals surface area (Å²) in [5.74, 6) is 1.13. The van der Waals surface area contributed by atoms with Crippen LogP contribution < -0.4 is 9.47 Å². The predicted octanol–water partition coefficient (Wildman–Crippen LogP) is 2.94. The predicted molar refractivity (Wildman–Crippen MR) is 52.1 cm³/mol. The molecule has 1 rings (SSSR count). The van der Waals surface area contributed by atoms with Crippen LogP contribution in [0.2, 0.25) is 0 Å². The van der Waals surface area contributed by atoms with Crippen LogP contribution in [0.4, 0.5) is 4.39 Å². The Hall–Kier alpha value is -0.770. The van der Waals surface area contributed by atoms with E-state index in [1.165, 1.54) is 14.2 Å². The standard InChI is InChI=1S/C9H10BrFO2/c1-12-8-4-7(10)9(13-2)3-6(8)5-11/h3-4H,5H2,1-2H3. The largest absolute Gasteiger partial charge is 0.496 e. The Balaban J connectivity index is 3.18. The van der Waals surface area contributed by atoms with Gasteiger partial charge >= 0.3 is 0 Å². The molecule has 0 aliphatic heterocycles. The van der Waals surface area contributed by atoms with Crippen molar-refractivity contribution in [2.24, 2.45) is 0 Å². The molecule has 0 saturated carbocycles. The van der Waals surface area contributed by atoms with Gasteiger partial charge in [-0.2, -0.15) is 0 Å². The van der Waals surface area contributed by atoms with Gasteiger partial charge in [-0.15, -0.1) is 0 Å². The summed E-state index contributed by atoms with van der Waals surface area (Å²) in [5, 5.41) is 0. The first-order valence-electron chi connectivity index (χ1n) is 3.69. The second-order valence-electron chi connectivity index (χ2n) is 2.43. The monoisotopic (exact) mass is 248 g/mol. The van der Waals surface area contributed by atoms with E-state index in [0.717, 1.165) is 4.47 Å². The minimum Gasteiger partial charge on any atom is -0.496 e. The van der Waals surface area contributed by atoms with E-state index in [1.807, 2.05) is 0 Å². The first kappa shape index (κ1) is 10.3. The van der Waals surface area contributed by atoms with Crippen LogP contribution in [0, 0.1) is 0 Å². The first-order chi connectivity index (χ1) is 6.22. The average molecular weight is 249 g/mol. The maximum Gasteiger partial charge on any atom is 0.133 e. The number of benzene rings is 1. The fraction of sp³-hybridized carbons (Fsp3) is 0.333. The molecule has 1 aromatic carbocycles. The summed E-state index contributed by atoms with van der Waals surface area (Å²) in [5.41, 5.74) is 0.488. The first-order valence-corrected chi connectivity index (χ1v) is 4.48. The summed E-state index contributed by atoms with van der Waals surface area (Å²) < 4.78 is 23.2. The van der Waals surface area contributed by atoms with E-state index >= 15 is 0 Å². The summed E-state index contributed by atoms with van der Waals surface area (Å²) in [4.78, 5) is 0. The molecule has 0 aliphatic carbocycles. The number of hydrogen-bond donors (Lipinski definition) is 0. The summed E-state index contributed by atoms with van der Waals surface area (Å²) >= 11 is 3.28. The lowest BCUT2D eigenvalue weighted by atomic mass is 10.2. The van der Waals surface area contributed by atoms with Gasteiger partial charge in [-0.1, -0.05) is 0 Å². The molecule has 0 fully saturated rings. The molecule has 0 radical (unpaired) electrons. The Morgan fingerprint density at radius 1 is 1.23 bits per heavy atom. The van der Waals surface area contributed by atoms with Gasteiger partial charge in [-0.05, 0) is 28.1 Å². The molecule has 13 heavy (non-hydrogen) atoms. The third-order valence-corrected chi connectivity index (χ3v) is 2.32. The highest BCUT2D eigenvalue weighted by Gasteiger charge is 2.08. The minimum absolute atomic E-state index is 0.488. The van der Waals surface area contributed by atoms with Crippen molar-refractivity contribution >= 4 is 15.9 Å². The number of hydrogen-bond acceptors (Lipinski definition) is 2. The lowest BCUT2D eigenvalue weighted by Crippen LogP contribution is -1.92. The number of ether oxygens (including phenoxy) is 2. The van der Waals surface area contributed by atoms with Crippen LogP contribution in [0.3, 0.4) is 0 Å². The highest BCUT2D eigenvalue weighted by atomic mass is 79.9. The molecule has 0 aliphatic rings. The highest BCUT2D eigenvalue weighted by Crippen LogP contribution is 2.32. The zero-order valence-electron chi connectivity index (χ0n) is 7.43. The lowest BCUT2D eigenvalue weighted by Gasteiger charge is -2.09. The molecule has 0 heterocycles. The van der Waals surface area contributed by atoms with Gasteiger partial charge in [0.05, 0.1) is 18.7 Å². The third kappa shape index (κ3) is 2.12. The summed E-state index contributed by atoms with van der Waals surface area (Å²) in [6, 6.07) is 3.30. The zero-order valence-corrected chi connectivity index (χ0v) is 9.02. The van der Waals surface area contributed by atoms with Gasteiger partial charge in [-0.3, -0.25) is 0 Å². The minimum atomic E-state index is -0.563. The van der Waals surface area contributed by atoms with E-state index in [1.54, 1.807) is 12.1 Å². The molecule has 72 valence electrons. The molecule has 1 aromatic rings. The number of halogens is 2. The van der Waals surface area contributed by atoms with Crippen LogP contribution in [0.1, 0.15) is 5.56 Å². The van der Waals surface area contributed by atoms with Crippen molar-refractivity contribution in [1.29, 1.82) is 0 Å². The average Bonchev–Trinajstić information content (AvgIpc) is 2.17. The zero-order chi connectivity index (χ0) is 9.84. The molecule has 0 aromatic heterocycles. The van der Waals surface area contributed by atoms with E-state index in [4.69, 9.17) is 9.47 Å². The van der Waals surface area contributed by atoms with Crippen LogP contribution in [-0.2, 0) is 6.67 Å². The fourth-order valence-corrected chi connectivity index (χ4v) is 1.51. The maximum atomic E-state index is 12.5. The molecule has 0 saturated heterocycles. The van der Waals surface area contributed by atoms with Crippen molar-refractivity contribution in [3.05, 3.63) is 22.2 Å². The quantitative estimate of drug-likeness (QED) is 0.819. The number of alkyl halides is 1. The van der Waals surface area contributed by atoms with Crippen molar-refractivity contribution in [1.82, 2.24) is 0 Å². The lowest BCUT2D eigenvalue weighted by molar-refractivity contribution is 0.384. The number of rotatable bonds is 3. The maximum absolute atomic E-state index is 12.5. The summed E-state index contributed by atoms with van der Waals surface area (Å²) in [6.07, 6.45) is 0. The van der Waals surface area contributed by atoms with Crippen LogP contribution in [0.5, 0.6) is 11.5 Å². The smallest absolute Gasteiger partial charge is 0.133 e. The van der Waals surface area contributed by atoms with Gasteiger partial charge < -0.3 is 9.47 Å². The Bertz CT molecular complexity index is 302. The van der Waals surface area contributed by atoms with E-state index in [2.05, 4.69) is 15.9 Å². The third-order valence-electron chi connectivity index (χ3n) is 1.70. The molecule has 0 N–H and O–H groups in total. The topological polar surface area (TPSA) is 18.5 Å². The Kier molecular flexibility index (Phi) is 3.54. The van der Waals surface area contributed by atoms with Crippen LogP contribution in [0.15, 0.2) is 16.6 Å². The molecule has 0 amide bonds. The van der Waals surface area contributed by atoms with Gasteiger partial charge in [-0.25, -0.2) is 4.39 Å². The van der Waals surface area contributed by atoms with Gasteiger partial charge in [0.1, 0.15) is 18.2 Å². The molecule has 0 atom stereocenters. The molecule has 2 nitrogen and oxygen atoms in total. The summed E-state index contributed by atoms with van der Waals surface area (Å²) in [7, 11) is 3.04. The highest BCUT2D eigenvalue weighted by molar-refractivity contribution is 9.10. The Morgan fingerprint density at radius 3 is 2.31 bits per heavy atom. The van der Waals surface area contributed by atoms with E-state index in [-0.39, 0.29) is 0 Å². The van der Waals surface area contributed by atoms with Gasteiger partial charge in [0, 0.05) is 5.56 Å². The summed E-state index contributed by atoms with van der Waals surface area (Å²) in [6.45, 7) is -0.563. The van der Waals surface area contributed by atoms with Crippen LogP contribution in [0.25, 0.3) is 0 Å². The van der Waals surface area contributed by atoms with Gasteiger partial charge in [0.2, 0.25) is 0 Å². The van der Waals surface area contributed by atoms with E-state index < -0.39 is 6.67 Å². The Labute approximate surface area is 84.8 Å². The van der Waals surface area contributed by atoms with Crippen molar-refractivity contribution in [2.75, 3.05) is 14.2 Å². The van der Waals surface area contributed by atoms with Crippen molar-refractivity contribution in [3.63, 3.8) is 0 Å². The second kappa shape index (κ2) is 4.46.